The number of likely N-dealkylation sites (tertiary alicyclic amines) is 1. The summed E-state index contributed by atoms with van der Waals surface area (Å²) in [6.45, 7) is 3.79. The van der Waals surface area contributed by atoms with E-state index in [9.17, 15) is 34.8 Å². The molecular weight excluding hydrogens is 494 g/mol. The van der Waals surface area contributed by atoms with Crippen LogP contribution in [-0.4, -0.2) is 81.7 Å². The fourth-order valence-corrected chi connectivity index (χ4v) is 7.13. The molecule has 0 bridgehead atoms. The lowest BCUT2D eigenvalue weighted by molar-refractivity contribution is -0.146. The SMILES string of the molecule is CCN1CCC[C@H]1c1cc(O)c2c(c1OC)C[C@H]1C[C@H]3[C@H](NC)C(O)=C(C(N)=O)C(=O)[C@@]3(O)C(O)=C1C2=O. The van der Waals surface area contributed by atoms with E-state index in [4.69, 9.17) is 10.5 Å². The summed E-state index contributed by atoms with van der Waals surface area (Å²) >= 11 is 0. The zero-order valence-electron chi connectivity index (χ0n) is 21.6. The van der Waals surface area contributed by atoms with E-state index in [1.807, 2.05) is 0 Å². The van der Waals surface area contributed by atoms with E-state index < -0.39 is 58.0 Å². The third-order valence-electron chi connectivity index (χ3n) is 8.82. The van der Waals surface area contributed by atoms with Crippen LogP contribution in [0.15, 0.2) is 28.7 Å². The molecule has 3 aliphatic carbocycles. The molecule has 1 fully saturated rings. The Morgan fingerprint density at radius 2 is 2.00 bits per heavy atom. The number of nitrogens with one attached hydrogen (secondary N) is 1. The number of phenols is 1. The molecule has 11 heteroatoms. The first kappa shape index (κ1) is 26.2. The summed E-state index contributed by atoms with van der Waals surface area (Å²) in [6, 6.07) is 0.460. The highest BCUT2D eigenvalue weighted by atomic mass is 16.5. The number of nitrogens with zero attached hydrogens (tertiary/aromatic N) is 1. The summed E-state index contributed by atoms with van der Waals surface area (Å²) in [5, 5.41) is 47.5. The number of carbonyl (C=O) groups is 3. The molecule has 7 N–H and O–H groups in total. The van der Waals surface area contributed by atoms with Gasteiger partial charge in [0.15, 0.2) is 11.4 Å². The van der Waals surface area contributed by atoms with Crippen LogP contribution >= 0.6 is 0 Å². The van der Waals surface area contributed by atoms with Crippen LogP contribution in [0.5, 0.6) is 11.5 Å². The Bertz CT molecular complexity index is 1320. The maximum absolute atomic E-state index is 13.8. The predicted molar refractivity (Wildman–Crippen MR) is 135 cm³/mol. The van der Waals surface area contributed by atoms with Crippen molar-refractivity contribution in [3.8, 4) is 11.5 Å². The number of aliphatic hydroxyl groups is 3. The Balaban J connectivity index is 1.68. The number of benzene rings is 1. The highest BCUT2D eigenvalue weighted by Crippen LogP contribution is 2.53. The summed E-state index contributed by atoms with van der Waals surface area (Å²) in [4.78, 5) is 41.4. The molecule has 1 aromatic rings. The highest BCUT2D eigenvalue weighted by molar-refractivity contribution is 6.24. The average Bonchev–Trinajstić information content (AvgIpc) is 3.35. The van der Waals surface area contributed by atoms with E-state index in [1.165, 1.54) is 20.2 Å². The van der Waals surface area contributed by atoms with E-state index in [2.05, 4.69) is 17.1 Å². The van der Waals surface area contributed by atoms with E-state index in [0.717, 1.165) is 31.5 Å². The predicted octanol–water partition coefficient (Wildman–Crippen LogP) is 0.944. The Hall–Kier alpha value is -3.41. The van der Waals surface area contributed by atoms with Crippen LogP contribution in [0.3, 0.4) is 0 Å². The van der Waals surface area contributed by atoms with Crippen LogP contribution in [0.4, 0.5) is 0 Å². The van der Waals surface area contributed by atoms with Crippen molar-refractivity contribution in [2.45, 2.75) is 50.3 Å². The fourth-order valence-electron chi connectivity index (χ4n) is 7.13. The van der Waals surface area contributed by atoms with Crippen molar-refractivity contribution in [3.63, 3.8) is 0 Å². The molecule has 0 aromatic heterocycles. The van der Waals surface area contributed by atoms with Crippen LogP contribution in [0.2, 0.25) is 0 Å². The number of rotatable bonds is 5. The molecule has 204 valence electrons. The minimum absolute atomic E-state index is 0.0157. The maximum atomic E-state index is 13.8. The number of Topliss-reactive ketones (excluding diaryl/α,β-unsaturated/α-hetero) is 2. The number of allylic oxidation sites excluding steroid dienone is 1. The van der Waals surface area contributed by atoms with Gasteiger partial charge >= 0.3 is 0 Å². The molecular formula is C27H33N3O8. The smallest absolute Gasteiger partial charge is 0.255 e. The quantitative estimate of drug-likeness (QED) is 0.301. The van der Waals surface area contributed by atoms with Crippen LogP contribution in [-0.2, 0) is 16.0 Å². The largest absolute Gasteiger partial charge is 0.510 e. The number of nitrogens with two attached hydrogens (primary N) is 1. The van der Waals surface area contributed by atoms with Crippen molar-refractivity contribution in [1.82, 2.24) is 10.2 Å². The standard InChI is InChI=1S/C27H33N3O8/c1-4-30-7-5-6-15(30)12-10-16(31)18-13(23(12)38-3)8-11-9-14-20(29-2)22(33)19(26(28)36)25(35)27(14,37)24(34)17(11)21(18)32/h10-11,14-15,20,29,31,33-34,37H,4-9H2,1-3H3,(H2,28,36)/t11-,14-,15-,20-,27-/m0/s1. The molecule has 1 saturated heterocycles. The Kier molecular flexibility index (Phi) is 6.28. The number of phenolic OH excluding ortho intramolecular Hbond substituents is 1. The van der Waals surface area contributed by atoms with Crippen LogP contribution in [0, 0.1) is 11.8 Å². The number of carbonyl (C=O) groups excluding carboxylic acids is 3. The van der Waals surface area contributed by atoms with Gasteiger partial charge < -0.3 is 36.2 Å². The van der Waals surface area contributed by atoms with Crippen LogP contribution in [0.1, 0.15) is 53.7 Å². The van der Waals surface area contributed by atoms with Gasteiger partial charge in [-0.15, -0.1) is 0 Å². The van der Waals surface area contributed by atoms with Gasteiger partial charge in [0.1, 0.15) is 28.6 Å². The Labute approximate surface area is 219 Å². The van der Waals surface area contributed by atoms with Gasteiger partial charge in [-0.1, -0.05) is 6.92 Å². The average molecular weight is 528 g/mol. The third-order valence-corrected chi connectivity index (χ3v) is 8.82. The zero-order chi connectivity index (χ0) is 27.7. The summed E-state index contributed by atoms with van der Waals surface area (Å²) in [6.07, 6.45) is 2.08. The number of likely N-dealkylation sites (N-methyl/N-ethyl adjacent to an activating group) is 1. The fraction of sp³-hybridized carbons (Fsp3) is 0.519. The first-order chi connectivity index (χ1) is 18.0. The van der Waals surface area contributed by atoms with Gasteiger partial charge in [0, 0.05) is 28.7 Å². The molecule has 1 aliphatic heterocycles. The zero-order valence-corrected chi connectivity index (χ0v) is 21.6. The number of primary amides is 1. The molecule has 0 saturated carbocycles. The number of hydrogen-bond donors (Lipinski definition) is 6. The van der Waals surface area contributed by atoms with E-state index >= 15 is 0 Å². The molecule has 1 heterocycles. The topological polar surface area (TPSA) is 183 Å². The lowest BCUT2D eigenvalue weighted by Crippen LogP contribution is -2.63. The van der Waals surface area contributed by atoms with Crippen molar-refractivity contribution >= 4 is 17.5 Å². The molecule has 5 atom stereocenters. The summed E-state index contributed by atoms with van der Waals surface area (Å²) in [7, 11) is 2.99. The number of hydrogen-bond acceptors (Lipinski definition) is 10. The summed E-state index contributed by atoms with van der Waals surface area (Å²) in [5.41, 5.74) is 2.87. The van der Waals surface area contributed by atoms with Gasteiger partial charge in [0.05, 0.1) is 18.7 Å². The van der Waals surface area contributed by atoms with E-state index in [1.54, 1.807) is 0 Å². The van der Waals surface area contributed by atoms with Crippen molar-refractivity contribution in [1.29, 1.82) is 0 Å². The first-order valence-corrected chi connectivity index (χ1v) is 12.8. The summed E-state index contributed by atoms with van der Waals surface area (Å²) < 4.78 is 5.82. The highest BCUT2D eigenvalue weighted by Gasteiger charge is 2.62. The number of aliphatic hydroxyl groups excluding tert-OH is 2. The molecule has 5 rings (SSSR count). The molecule has 0 radical (unpaired) electrons. The van der Waals surface area contributed by atoms with Crippen LogP contribution < -0.4 is 15.8 Å². The molecule has 1 aromatic carbocycles. The lowest BCUT2D eigenvalue weighted by atomic mass is 9.58. The third kappa shape index (κ3) is 3.35. The Morgan fingerprint density at radius 3 is 2.61 bits per heavy atom. The van der Waals surface area contributed by atoms with Crippen molar-refractivity contribution in [2.24, 2.45) is 17.6 Å². The van der Waals surface area contributed by atoms with Gasteiger partial charge in [-0.3, -0.25) is 19.3 Å². The number of ketones is 2. The molecule has 0 spiro atoms. The van der Waals surface area contributed by atoms with Gasteiger partial charge in [0.25, 0.3) is 5.91 Å². The minimum Gasteiger partial charge on any atom is -0.510 e. The van der Waals surface area contributed by atoms with Crippen molar-refractivity contribution in [3.05, 3.63) is 45.4 Å². The normalized spacial score (nSPS) is 31.3. The van der Waals surface area contributed by atoms with E-state index in [-0.39, 0.29) is 35.8 Å². The molecule has 0 unspecified atom stereocenters. The molecule has 38 heavy (non-hydrogen) atoms. The lowest BCUT2D eigenvalue weighted by Gasteiger charge is -2.48. The molecule has 1 amide bonds. The number of aromatic hydroxyl groups is 1. The first-order valence-electron chi connectivity index (χ1n) is 12.8. The van der Waals surface area contributed by atoms with Gasteiger partial charge in [-0.25, -0.2) is 0 Å². The second-order valence-corrected chi connectivity index (χ2v) is 10.5. The second-order valence-electron chi connectivity index (χ2n) is 10.5. The van der Waals surface area contributed by atoms with Gasteiger partial charge in [-0.05, 0) is 57.8 Å². The van der Waals surface area contributed by atoms with E-state index in [0.29, 0.717) is 11.3 Å². The van der Waals surface area contributed by atoms with Crippen LogP contribution in [0.25, 0.3) is 0 Å². The van der Waals surface area contributed by atoms with Gasteiger partial charge in [0.2, 0.25) is 5.78 Å². The van der Waals surface area contributed by atoms with Gasteiger partial charge in [-0.2, -0.15) is 0 Å². The molecule has 4 aliphatic rings. The van der Waals surface area contributed by atoms with Crippen molar-refractivity contribution in [2.75, 3.05) is 27.2 Å². The minimum atomic E-state index is -2.66. The summed E-state index contributed by atoms with van der Waals surface area (Å²) in [5.74, 6) is -6.27. The number of amides is 1. The van der Waals surface area contributed by atoms with Crippen molar-refractivity contribution < 1.29 is 39.5 Å². The maximum Gasteiger partial charge on any atom is 0.255 e. The number of ether oxygens (including phenoxy) is 1. The number of fused-ring (bicyclic) bond motifs is 3. The number of methoxy groups -OCH3 is 1. The Morgan fingerprint density at radius 1 is 1.29 bits per heavy atom. The molecule has 11 nitrogen and oxygen atoms in total. The monoisotopic (exact) mass is 527 g/mol. The second kappa shape index (κ2) is 9.11.